The summed E-state index contributed by atoms with van der Waals surface area (Å²) in [7, 11) is 0. The summed E-state index contributed by atoms with van der Waals surface area (Å²) in [4.78, 5) is 13.0. The number of hydrogen-bond donors (Lipinski definition) is 3. The Morgan fingerprint density at radius 2 is 1.62 bits per heavy atom. The maximum atomic E-state index is 15.4. The molecular formula is C24H21F4NO3. The fourth-order valence-electron chi connectivity index (χ4n) is 4.55. The molecule has 3 N–H and O–H groups in total. The van der Waals surface area contributed by atoms with Crippen LogP contribution in [0.4, 0.5) is 17.6 Å². The zero-order valence-corrected chi connectivity index (χ0v) is 17.5. The van der Waals surface area contributed by atoms with E-state index >= 15 is 8.78 Å². The van der Waals surface area contributed by atoms with Crippen molar-refractivity contribution in [3.63, 3.8) is 0 Å². The molecule has 32 heavy (non-hydrogen) atoms. The number of nitrogens with one attached hydrogen (secondary N) is 1. The molecule has 168 valence electrons. The average molecular weight is 447 g/mol. The van der Waals surface area contributed by atoms with E-state index in [9.17, 15) is 23.8 Å². The van der Waals surface area contributed by atoms with Crippen molar-refractivity contribution >= 4 is 16.7 Å². The number of fused-ring (bicyclic) bond motifs is 2. The molecule has 4 rings (SSSR count). The molecule has 0 saturated carbocycles. The lowest BCUT2D eigenvalue weighted by Crippen LogP contribution is -2.66. The van der Waals surface area contributed by atoms with Crippen LogP contribution in [0.25, 0.3) is 10.8 Å². The molecule has 0 radical (unpaired) electrons. The monoisotopic (exact) mass is 447 g/mol. The Balaban J connectivity index is 1.86. The first-order valence-corrected chi connectivity index (χ1v) is 9.92. The van der Waals surface area contributed by atoms with Crippen LogP contribution in [-0.4, -0.2) is 27.6 Å². The van der Waals surface area contributed by atoms with E-state index in [1.54, 1.807) is 24.3 Å². The molecule has 0 bridgehead atoms. The van der Waals surface area contributed by atoms with Gasteiger partial charge in [0.2, 0.25) is 5.82 Å². The summed E-state index contributed by atoms with van der Waals surface area (Å²) in [6.45, 7) is 2.85. The number of alkyl halides is 2. The summed E-state index contributed by atoms with van der Waals surface area (Å²) >= 11 is 0. The van der Waals surface area contributed by atoms with E-state index in [1.165, 1.54) is 6.07 Å². The Labute approximate surface area is 181 Å². The lowest BCUT2D eigenvalue weighted by atomic mass is 9.61. The number of carbonyl (C=O) groups is 1. The highest BCUT2D eigenvalue weighted by Crippen LogP contribution is 2.58. The number of rotatable bonds is 2. The predicted octanol–water partition coefficient (Wildman–Crippen LogP) is 4.97. The fraction of sp³-hybridized carbons (Fsp3) is 0.292. The van der Waals surface area contributed by atoms with Crippen LogP contribution in [0, 0.1) is 11.6 Å². The summed E-state index contributed by atoms with van der Waals surface area (Å²) in [5.41, 5.74) is -5.92. The number of benzene rings is 3. The number of amides is 1. The molecule has 0 aromatic heterocycles. The molecule has 0 fully saturated rings. The Kier molecular flexibility index (Phi) is 4.78. The van der Waals surface area contributed by atoms with E-state index in [-0.39, 0.29) is 11.1 Å². The van der Waals surface area contributed by atoms with Crippen molar-refractivity contribution in [2.45, 2.75) is 43.8 Å². The van der Waals surface area contributed by atoms with Crippen molar-refractivity contribution in [1.82, 2.24) is 5.32 Å². The van der Waals surface area contributed by atoms with E-state index in [4.69, 9.17) is 0 Å². The van der Waals surface area contributed by atoms with Gasteiger partial charge in [0, 0.05) is 11.1 Å². The second-order valence-electron chi connectivity index (χ2n) is 8.80. The van der Waals surface area contributed by atoms with E-state index in [0.717, 1.165) is 31.5 Å². The van der Waals surface area contributed by atoms with Gasteiger partial charge in [-0.05, 0) is 55.3 Å². The van der Waals surface area contributed by atoms with Crippen LogP contribution in [0.15, 0.2) is 48.5 Å². The fourth-order valence-corrected chi connectivity index (χ4v) is 4.55. The molecule has 0 aliphatic heterocycles. The van der Waals surface area contributed by atoms with Crippen LogP contribution in [0.5, 0.6) is 5.75 Å². The topological polar surface area (TPSA) is 69.6 Å². The predicted molar refractivity (Wildman–Crippen MR) is 111 cm³/mol. The lowest BCUT2D eigenvalue weighted by molar-refractivity contribution is -0.228. The Hall–Kier alpha value is -3.13. The zero-order chi connectivity index (χ0) is 23.6. The number of aromatic hydroxyl groups is 1. The van der Waals surface area contributed by atoms with Crippen LogP contribution >= 0.6 is 0 Å². The van der Waals surface area contributed by atoms with Gasteiger partial charge in [-0.25, -0.2) is 13.2 Å². The average Bonchev–Trinajstić information content (AvgIpc) is 2.73. The first kappa shape index (κ1) is 22.1. The molecule has 3 aromatic rings. The van der Waals surface area contributed by atoms with E-state index in [0.29, 0.717) is 6.07 Å². The Bertz CT molecular complexity index is 1250. The third-order valence-corrected chi connectivity index (χ3v) is 6.43. The van der Waals surface area contributed by atoms with Gasteiger partial charge < -0.3 is 15.5 Å². The summed E-state index contributed by atoms with van der Waals surface area (Å²) in [6, 6.07) is 10.7. The molecule has 0 saturated heterocycles. The Morgan fingerprint density at radius 3 is 2.28 bits per heavy atom. The normalized spacial score (nSPS) is 23.6. The van der Waals surface area contributed by atoms with Crippen molar-refractivity contribution in [2.75, 3.05) is 0 Å². The van der Waals surface area contributed by atoms with Crippen LogP contribution in [-0.2, 0) is 5.41 Å². The van der Waals surface area contributed by atoms with Gasteiger partial charge in [0.1, 0.15) is 0 Å². The number of aliphatic hydroxyl groups is 1. The number of phenolic OH excluding ortho intramolecular Hbond substituents is 1. The molecule has 1 aliphatic rings. The van der Waals surface area contributed by atoms with E-state index in [2.05, 4.69) is 5.32 Å². The highest BCUT2D eigenvalue weighted by molar-refractivity contribution is 5.99. The van der Waals surface area contributed by atoms with Crippen molar-refractivity contribution in [3.8, 4) is 5.75 Å². The third-order valence-electron chi connectivity index (χ3n) is 6.43. The zero-order valence-electron chi connectivity index (χ0n) is 17.5. The molecule has 3 aromatic carbocycles. The smallest absolute Gasteiger partial charge is 0.287 e. The number of halogens is 4. The third kappa shape index (κ3) is 2.89. The van der Waals surface area contributed by atoms with Gasteiger partial charge >= 0.3 is 0 Å². The first-order valence-electron chi connectivity index (χ1n) is 9.92. The highest BCUT2D eigenvalue weighted by atomic mass is 19.3. The van der Waals surface area contributed by atoms with Gasteiger partial charge in [-0.1, -0.05) is 30.3 Å². The molecule has 2 atom stereocenters. The van der Waals surface area contributed by atoms with E-state index in [1.807, 2.05) is 12.1 Å². The SMILES string of the molecule is CC1(C)c2c(cc(F)c(F)c2O)C(NC(=O)c2ccc3ccccc3c2)C(C)(O)C1(F)F. The van der Waals surface area contributed by atoms with Gasteiger partial charge in [-0.15, -0.1) is 0 Å². The largest absolute Gasteiger partial charge is 0.505 e. The minimum absolute atomic E-state index is 0.126. The molecule has 8 heteroatoms. The van der Waals surface area contributed by atoms with Gasteiger partial charge in [0.05, 0.1) is 11.5 Å². The van der Waals surface area contributed by atoms with Crippen LogP contribution < -0.4 is 5.32 Å². The van der Waals surface area contributed by atoms with Crippen LogP contribution in [0.1, 0.15) is 48.3 Å². The quantitative estimate of drug-likeness (QED) is 0.486. The van der Waals surface area contributed by atoms with Crippen LogP contribution in [0.2, 0.25) is 0 Å². The van der Waals surface area contributed by atoms with Crippen molar-refractivity contribution < 1.29 is 32.6 Å². The van der Waals surface area contributed by atoms with Crippen LogP contribution in [0.3, 0.4) is 0 Å². The minimum atomic E-state index is -3.93. The minimum Gasteiger partial charge on any atom is -0.505 e. The molecule has 0 spiro atoms. The molecule has 1 aliphatic carbocycles. The molecular weight excluding hydrogens is 426 g/mol. The molecule has 4 nitrogen and oxygen atoms in total. The summed E-state index contributed by atoms with van der Waals surface area (Å²) < 4.78 is 59.1. The van der Waals surface area contributed by atoms with Gasteiger partial charge in [0.15, 0.2) is 17.2 Å². The molecule has 2 unspecified atom stereocenters. The molecule has 0 heterocycles. The number of hydrogen-bond acceptors (Lipinski definition) is 3. The van der Waals surface area contributed by atoms with Gasteiger partial charge in [-0.3, -0.25) is 4.79 Å². The summed E-state index contributed by atoms with van der Waals surface area (Å²) in [5, 5.41) is 25.0. The maximum absolute atomic E-state index is 15.4. The standard InChI is InChI=1S/C24H21F4NO3/c1-22(2)17-15(11-16(25)18(26)19(17)30)20(23(3,32)24(22,27)28)29-21(31)14-9-8-12-6-4-5-7-13(12)10-14/h4-11,20,30,32H,1-3H3,(H,29,31). The summed E-state index contributed by atoms with van der Waals surface area (Å²) in [5.74, 6) is -9.16. The first-order chi connectivity index (χ1) is 14.8. The van der Waals surface area contributed by atoms with Crippen molar-refractivity contribution in [3.05, 3.63) is 76.9 Å². The highest BCUT2D eigenvalue weighted by Gasteiger charge is 2.68. The Morgan fingerprint density at radius 1 is 1.00 bits per heavy atom. The number of phenols is 1. The van der Waals surface area contributed by atoms with Crippen molar-refractivity contribution in [2.24, 2.45) is 0 Å². The maximum Gasteiger partial charge on any atom is 0.287 e. The molecule has 1 amide bonds. The second kappa shape index (κ2) is 6.93. The number of carbonyl (C=O) groups excluding carboxylic acids is 1. The van der Waals surface area contributed by atoms with Gasteiger partial charge in [-0.2, -0.15) is 4.39 Å². The lowest BCUT2D eigenvalue weighted by Gasteiger charge is -2.52. The summed E-state index contributed by atoms with van der Waals surface area (Å²) in [6.07, 6.45) is 0. The second-order valence-corrected chi connectivity index (χ2v) is 8.80. The van der Waals surface area contributed by atoms with E-state index < -0.39 is 51.8 Å². The van der Waals surface area contributed by atoms with Gasteiger partial charge in [0.25, 0.3) is 11.8 Å². The van der Waals surface area contributed by atoms with Crippen molar-refractivity contribution in [1.29, 1.82) is 0 Å².